The molecule has 2 aromatic carbocycles. The van der Waals surface area contributed by atoms with E-state index in [-0.39, 0.29) is 5.82 Å². The maximum absolute atomic E-state index is 13.0. The van der Waals surface area contributed by atoms with E-state index in [1.807, 2.05) is 12.1 Å². The van der Waals surface area contributed by atoms with E-state index < -0.39 is 0 Å². The van der Waals surface area contributed by atoms with Crippen LogP contribution in [0.4, 0.5) is 15.8 Å². The summed E-state index contributed by atoms with van der Waals surface area (Å²) in [5.74, 6) is -0.198. The lowest BCUT2D eigenvalue weighted by Gasteiger charge is -2.37. The van der Waals surface area contributed by atoms with Crippen molar-refractivity contribution in [2.45, 2.75) is 13.8 Å². The zero-order valence-corrected chi connectivity index (χ0v) is 14.9. The van der Waals surface area contributed by atoms with Crippen LogP contribution < -0.4 is 10.2 Å². The molecule has 1 fully saturated rings. The average molecular weight is 343 g/mol. The molecule has 0 atom stereocenters. The molecule has 1 heterocycles. The van der Waals surface area contributed by atoms with E-state index in [9.17, 15) is 4.39 Å². The highest BCUT2D eigenvalue weighted by molar-refractivity contribution is 7.80. The van der Waals surface area contributed by atoms with Gasteiger partial charge in [-0.05, 0) is 67.5 Å². The fraction of sp³-hybridized carbons (Fsp3) is 0.316. The number of anilines is 2. The third-order valence-electron chi connectivity index (χ3n) is 4.39. The Labute approximate surface area is 148 Å². The van der Waals surface area contributed by atoms with Gasteiger partial charge in [-0.2, -0.15) is 0 Å². The molecular formula is C19H22FN3S. The number of nitrogens with one attached hydrogen (secondary N) is 1. The Morgan fingerprint density at radius 3 is 2.33 bits per heavy atom. The van der Waals surface area contributed by atoms with Crippen LogP contribution in [-0.2, 0) is 0 Å². The standard InChI is InChI=1S/C19H22FN3S/c1-14-3-4-15(2)18(13-14)21-19(24)23-11-9-22(10-12-23)17-7-5-16(20)6-8-17/h3-8,13H,9-12H2,1-2H3,(H,21,24). The summed E-state index contributed by atoms with van der Waals surface area (Å²) in [7, 11) is 0. The first-order valence-corrected chi connectivity index (χ1v) is 8.57. The van der Waals surface area contributed by atoms with Crippen LogP contribution in [0.3, 0.4) is 0 Å². The van der Waals surface area contributed by atoms with Gasteiger partial charge in [0, 0.05) is 37.6 Å². The molecule has 3 rings (SSSR count). The Morgan fingerprint density at radius 1 is 1.00 bits per heavy atom. The van der Waals surface area contributed by atoms with Crippen LogP contribution in [-0.4, -0.2) is 36.2 Å². The first-order valence-electron chi connectivity index (χ1n) is 8.16. The van der Waals surface area contributed by atoms with Gasteiger partial charge < -0.3 is 15.1 Å². The van der Waals surface area contributed by atoms with E-state index in [4.69, 9.17) is 12.2 Å². The Balaban J connectivity index is 1.59. The minimum atomic E-state index is -0.198. The first-order chi connectivity index (χ1) is 11.5. The van der Waals surface area contributed by atoms with Crippen molar-refractivity contribution < 1.29 is 4.39 Å². The van der Waals surface area contributed by atoms with Gasteiger partial charge in [0.2, 0.25) is 0 Å². The second-order valence-electron chi connectivity index (χ2n) is 6.20. The molecule has 1 saturated heterocycles. The Hall–Kier alpha value is -2.14. The third-order valence-corrected chi connectivity index (χ3v) is 4.75. The predicted octanol–water partition coefficient (Wildman–Crippen LogP) is 3.96. The zero-order chi connectivity index (χ0) is 17.1. The number of nitrogens with zero attached hydrogens (tertiary/aromatic N) is 2. The van der Waals surface area contributed by atoms with Gasteiger partial charge in [0.05, 0.1) is 0 Å². The predicted molar refractivity (Wildman–Crippen MR) is 102 cm³/mol. The second-order valence-corrected chi connectivity index (χ2v) is 6.59. The molecule has 0 aliphatic carbocycles. The quantitative estimate of drug-likeness (QED) is 0.832. The molecule has 0 bridgehead atoms. The lowest BCUT2D eigenvalue weighted by molar-refractivity contribution is 0.391. The van der Waals surface area contributed by atoms with E-state index in [1.165, 1.54) is 23.3 Å². The number of hydrogen-bond donors (Lipinski definition) is 1. The lowest BCUT2D eigenvalue weighted by Crippen LogP contribution is -2.50. The summed E-state index contributed by atoms with van der Waals surface area (Å²) in [6.07, 6.45) is 0. The molecule has 0 amide bonds. The summed E-state index contributed by atoms with van der Waals surface area (Å²) in [6, 6.07) is 13.0. The van der Waals surface area contributed by atoms with Crippen molar-refractivity contribution in [3.05, 3.63) is 59.4 Å². The highest BCUT2D eigenvalue weighted by Gasteiger charge is 2.19. The summed E-state index contributed by atoms with van der Waals surface area (Å²) < 4.78 is 13.0. The highest BCUT2D eigenvalue weighted by atomic mass is 32.1. The van der Waals surface area contributed by atoms with Gasteiger partial charge in [0.25, 0.3) is 0 Å². The van der Waals surface area contributed by atoms with Crippen molar-refractivity contribution in [3.8, 4) is 0 Å². The molecule has 3 nitrogen and oxygen atoms in total. The van der Waals surface area contributed by atoms with Crippen LogP contribution in [0.5, 0.6) is 0 Å². The molecule has 0 radical (unpaired) electrons. The average Bonchev–Trinajstić information content (AvgIpc) is 2.59. The Kier molecular flexibility index (Phi) is 5.00. The molecule has 24 heavy (non-hydrogen) atoms. The molecule has 0 unspecified atom stereocenters. The van der Waals surface area contributed by atoms with Gasteiger partial charge in [-0.15, -0.1) is 0 Å². The van der Waals surface area contributed by atoms with Gasteiger partial charge >= 0.3 is 0 Å². The smallest absolute Gasteiger partial charge is 0.173 e. The van der Waals surface area contributed by atoms with Crippen LogP contribution in [0.15, 0.2) is 42.5 Å². The number of thiocarbonyl (C=S) groups is 1. The summed E-state index contributed by atoms with van der Waals surface area (Å²) in [4.78, 5) is 4.45. The van der Waals surface area contributed by atoms with Crippen LogP contribution in [0.1, 0.15) is 11.1 Å². The molecule has 0 aromatic heterocycles. The topological polar surface area (TPSA) is 18.5 Å². The third kappa shape index (κ3) is 3.85. The number of piperazine rings is 1. The zero-order valence-electron chi connectivity index (χ0n) is 14.1. The van der Waals surface area contributed by atoms with Crippen LogP contribution in [0.25, 0.3) is 0 Å². The van der Waals surface area contributed by atoms with E-state index >= 15 is 0 Å². The van der Waals surface area contributed by atoms with Crippen LogP contribution in [0, 0.1) is 19.7 Å². The second kappa shape index (κ2) is 7.18. The number of halogens is 1. The Morgan fingerprint density at radius 2 is 1.67 bits per heavy atom. The molecule has 1 aliphatic rings. The molecule has 0 saturated carbocycles. The van der Waals surface area contributed by atoms with Gasteiger partial charge in [0.15, 0.2) is 5.11 Å². The fourth-order valence-corrected chi connectivity index (χ4v) is 3.18. The van der Waals surface area contributed by atoms with Gasteiger partial charge in [-0.1, -0.05) is 12.1 Å². The largest absolute Gasteiger partial charge is 0.368 e. The first kappa shape index (κ1) is 16.7. The van der Waals surface area contributed by atoms with E-state index in [1.54, 1.807) is 0 Å². The van der Waals surface area contributed by atoms with Crippen LogP contribution >= 0.6 is 12.2 Å². The molecule has 1 aliphatic heterocycles. The van der Waals surface area contributed by atoms with E-state index in [0.29, 0.717) is 0 Å². The number of aryl methyl sites for hydroxylation is 2. The van der Waals surface area contributed by atoms with Crippen molar-refractivity contribution >= 4 is 28.7 Å². The van der Waals surface area contributed by atoms with Gasteiger partial charge in [-0.3, -0.25) is 0 Å². The molecular weight excluding hydrogens is 321 g/mol. The van der Waals surface area contributed by atoms with Crippen molar-refractivity contribution in [2.24, 2.45) is 0 Å². The summed E-state index contributed by atoms with van der Waals surface area (Å²) in [5.41, 5.74) is 4.53. The molecule has 2 aromatic rings. The normalized spacial score (nSPS) is 14.6. The number of hydrogen-bond acceptors (Lipinski definition) is 2. The fourth-order valence-electron chi connectivity index (χ4n) is 2.88. The van der Waals surface area contributed by atoms with Crippen molar-refractivity contribution in [2.75, 3.05) is 36.4 Å². The summed E-state index contributed by atoms with van der Waals surface area (Å²) in [6.45, 7) is 7.62. The maximum Gasteiger partial charge on any atom is 0.173 e. The highest BCUT2D eigenvalue weighted by Crippen LogP contribution is 2.19. The minimum absolute atomic E-state index is 0.198. The molecule has 126 valence electrons. The lowest BCUT2D eigenvalue weighted by atomic mass is 10.1. The molecule has 5 heteroatoms. The SMILES string of the molecule is Cc1ccc(C)c(NC(=S)N2CCN(c3ccc(F)cc3)CC2)c1. The van der Waals surface area contributed by atoms with Crippen LogP contribution in [0.2, 0.25) is 0 Å². The maximum atomic E-state index is 13.0. The minimum Gasteiger partial charge on any atom is -0.368 e. The van der Waals surface area contributed by atoms with E-state index in [2.05, 4.69) is 47.2 Å². The Bertz CT molecular complexity index is 722. The number of benzene rings is 2. The van der Waals surface area contributed by atoms with Crippen molar-refractivity contribution in [1.82, 2.24) is 4.90 Å². The van der Waals surface area contributed by atoms with E-state index in [0.717, 1.165) is 42.7 Å². The summed E-state index contributed by atoms with van der Waals surface area (Å²) >= 11 is 5.58. The van der Waals surface area contributed by atoms with Crippen molar-refractivity contribution in [3.63, 3.8) is 0 Å². The van der Waals surface area contributed by atoms with Crippen molar-refractivity contribution in [1.29, 1.82) is 0 Å². The monoisotopic (exact) mass is 343 g/mol. The molecule has 0 spiro atoms. The molecule has 1 N–H and O–H groups in total. The summed E-state index contributed by atoms with van der Waals surface area (Å²) in [5, 5.41) is 4.14. The van der Waals surface area contributed by atoms with Gasteiger partial charge in [0.1, 0.15) is 5.82 Å². The number of rotatable bonds is 2. The van der Waals surface area contributed by atoms with Gasteiger partial charge in [-0.25, -0.2) is 4.39 Å².